The minimum absolute atomic E-state index is 0.0539. The maximum absolute atomic E-state index is 10.9. The van der Waals surface area contributed by atoms with Gasteiger partial charge in [-0.05, 0) is 35.0 Å². The lowest BCUT2D eigenvalue weighted by Gasteiger charge is -2.08. The Morgan fingerprint density at radius 3 is 2.79 bits per heavy atom. The van der Waals surface area contributed by atoms with Crippen molar-refractivity contribution in [1.29, 1.82) is 0 Å². The van der Waals surface area contributed by atoms with E-state index in [1.807, 2.05) is 0 Å². The second-order valence-corrected chi connectivity index (χ2v) is 5.19. The first kappa shape index (κ1) is 13.8. The van der Waals surface area contributed by atoms with Gasteiger partial charge in [0.15, 0.2) is 0 Å². The summed E-state index contributed by atoms with van der Waals surface area (Å²) in [7, 11) is 0. The van der Waals surface area contributed by atoms with Crippen molar-refractivity contribution in [2.24, 2.45) is 0 Å². The number of anilines is 2. The van der Waals surface area contributed by atoms with Gasteiger partial charge in [-0.15, -0.1) is 0 Å². The SMILES string of the molecule is Cc1ccc(Nc2ncc(Br)cc2Cl)cc1[N+](=O)[O-]. The van der Waals surface area contributed by atoms with Gasteiger partial charge in [0.25, 0.3) is 5.69 Å². The van der Waals surface area contributed by atoms with Crippen molar-refractivity contribution in [1.82, 2.24) is 4.98 Å². The number of nitro benzene ring substituents is 1. The molecule has 1 N–H and O–H groups in total. The van der Waals surface area contributed by atoms with Crippen LogP contribution in [0.4, 0.5) is 17.2 Å². The molecular formula is C12H9BrClN3O2. The lowest BCUT2D eigenvalue weighted by Crippen LogP contribution is -1.97. The number of pyridine rings is 1. The predicted octanol–water partition coefficient (Wildman–Crippen LogP) is 4.46. The summed E-state index contributed by atoms with van der Waals surface area (Å²) >= 11 is 9.28. The largest absolute Gasteiger partial charge is 0.339 e. The lowest BCUT2D eigenvalue weighted by atomic mass is 10.2. The van der Waals surface area contributed by atoms with Gasteiger partial charge in [0.1, 0.15) is 5.82 Å². The highest BCUT2D eigenvalue weighted by molar-refractivity contribution is 9.10. The van der Waals surface area contributed by atoms with E-state index in [4.69, 9.17) is 11.6 Å². The molecule has 0 atom stereocenters. The zero-order valence-electron chi connectivity index (χ0n) is 9.85. The molecule has 7 heteroatoms. The molecule has 0 fully saturated rings. The molecule has 19 heavy (non-hydrogen) atoms. The van der Waals surface area contributed by atoms with Crippen LogP contribution in [0.25, 0.3) is 0 Å². The average Bonchev–Trinajstić information content (AvgIpc) is 2.34. The summed E-state index contributed by atoms with van der Waals surface area (Å²) in [5.41, 5.74) is 1.22. The van der Waals surface area contributed by atoms with E-state index in [0.717, 1.165) is 4.47 Å². The van der Waals surface area contributed by atoms with Crippen molar-refractivity contribution < 1.29 is 4.92 Å². The highest BCUT2D eigenvalue weighted by Gasteiger charge is 2.12. The Kier molecular flexibility index (Phi) is 4.01. The van der Waals surface area contributed by atoms with Crippen LogP contribution in [0.2, 0.25) is 5.02 Å². The molecule has 0 saturated heterocycles. The number of benzene rings is 1. The fraction of sp³-hybridized carbons (Fsp3) is 0.0833. The number of halogens is 2. The Bertz CT molecular complexity index is 649. The molecule has 0 aliphatic rings. The Hall–Kier alpha value is -1.66. The molecule has 1 heterocycles. The molecule has 1 aromatic heterocycles. The molecule has 98 valence electrons. The van der Waals surface area contributed by atoms with Gasteiger partial charge in [0.2, 0.25) is 0 Å². The molecule has 0 bridgehead atoms. The molecule has 2 rings (SSSR count). The smallest absolute Gasteiger partial charge is 0.274 e. The molecule has 0 radical (unpaired) electrons. The molecule has 0 aliphatic heterocycles. The summed E-state index contributed by atoms with van der Waals surface area (Å²) in [6.07, 6.45) is 1.59. The van der Waals surface area contributed by atoms with Crippen LogP contribution in [0.15, 0.2) is 34.9 Å². The third-order valence-corrected chi connectivity index (χ3v) is 3.20. The number of hydrogen-bond acceptors (Lipinski definition) is 4. The van der Waals surface area contributed by atoms with Crippen LogP contribution >= 0.6 is 27.5 Å². The van der Waals surface area contributed by atoms with Crippen molar-refractivity contribution in [2.45, 2.75) is 6.92 Å². The van der Waals surface area contributed by atoms with E-state index in [-0.39, 0.29) is 5.69 Å². The number of nitrogens with one attached hydrogen (secondary N) is 1. The minimum Gasteiger partial charge on any atom is -0.339 e. The summed E-state index contributed by atoms with van der Waals surface area (Å²) in [5.74, 6) is 0.447. The number of rotatable bonds is 3. The van der Waals surface area contributed by atoms with E-state index in [1.165, 1.54) is 6.07 Å². The van der Waals surface area contributed by atoms with Crippen molar-refractivity contribution in [2.75, 3.05) is 5.32 Å². The second-order valence-electron chi connectivity index (χ2n) is 3.87. The molecule has 0 aliphatic carbocycles. The lowest BCUT2D eigenvalue weighted by molar-refractivity contribution is -0.385. The van der Waals surface area contributed by atoms with Crippen molar-refractivity contribution >= 4 is 44.7 Å². The third kappa shape index (κ3) is 3.21. The van der Waals surface area contributed by atoms with Crippen LogP contribution in [0.3, 0.4) is 0 Å². The highest BCUT2D eigenvalue weighted by Crippen LogP contribution is 2.28. The number of aromatic nitrogens is 1. The van der Waals surface area contributed by atoms with Crippen LogP contribution in [-0.2, 0) is 0 Å². The summed E-state index contributed by atoms with van der Waals surface area (Å²) in [5, 5.41) is 14.2. The molecule has 2 aromatic rings. The molecule has 5 nitrogen and oxygen atoms in total. The standard InChI is InChI=1S/C12H9BrClN3O2/c1-7-2-3-9(5-11(7)17(18)19)16-12-10(14)4-8(13)6-15-12/h2-6H,1H3,(H,15,16). The highest BCUT2D eigenvalue weighted by atomic mass is 79.9. The van der Waals surface area contributed by atoms with Crippen molar-refractivity contribution in [3.8, 4) is 0 Å². The molecule has 1 aromatic carbocycles. The average molecular weight is 343 g/mol. The Morgan fingerprint density at radius 2 is 2.16 bits per heavy atom. The number of nitrogens with zero attached hydrogens (tertiary/aromatic N) is 2. The number of hydrogen-bond donors (Lipinski definition) is 1. The van der Waals surface area contributed by atoms with Crippen LogP contribution in [0.1, 0.15) is 5.56 Å². The van der Waals surface area contributed by atoms with Crippen LogP contribution < -0.4 is 5.32 Å². The van der Waals surface area contributed by atoms with Crippen LogP contribution in [-0.4, -0.2) is 9.91 Å². The third-order valence-electron chi connectivity index (χ3n) is 2.48. The number of nitro groups is 1. The molecular weight excluding hydrogens is 334 g/mol. The maximum Gasteiger partial charge on any atom is 0.274 e. The fourth-order valence-electron chi connectivity index (χ4n) is 1.53. The normalized spacial score (nSPS) is 10.3. The van der Waals surface area contributed by atoms with E-state index in [2.05, 4.69) is 26.2 Å². The maximum atomic E-state index is 10.9. The Labute approximate surface area is 122 Å². The van der Waals surface area contributed by atoms with Gasteiger partial charge < -0.3 is 5.32 Å². The molecule has 0 saturated carbocycles. The van der Waals surface area contributed by atoms with E-state index < -0.39 is 4.92 Å². The predicted molar refractivity (Wildman–Crippen MR) is 78.1 cm³/mol. The fourth-order valence-corrected chi connectivity index (χ4v) is 2.20. The number of aryl methyl sites for hydroxylation is 1. The summed E-state index contributed by atoms with van der Waals surface area (Å²) in [4.78, 5) is 14.6. The van der Waals surface area contributed by atoms with Gasteiger partial charge in [-0.25, -0.2) is 4.98 Å². The van der Waals surface area contributed by atoms with Gasteiger partial charge in [0, 0.05) is 28.0 Å². The first-order valence-electron chi connectivity index (χ1n) is 5.30. The topological polar surface area (TPSA) is 68.1 Å². The first-order valence-corrected chi connectivity index (χ1v) is 6.47. The summed E-state index contributed by atoms with van der Waals surface area (Å²) in [6, 6.07) is 6.56. The monoisotopic (exact) mass is 341 g/mol. The van der Waals surface area contributed by atoms with Crippen LogP contribution in [0, 0.1) is 17.0 Å². The minimum atomic E-state index is -0.420. The van der Waals surface area contributed by atoms with Crippen molar-refractivity contribution in [3.63, 3.8) is 0 Å². The molecule has 0 unspecified atom stereocenters. The van der Waals surface area contributed by atoms with Crippen LogP contribution in [0.5, 0.6) is 0 Å². The molecule has 0 spiro atoms. The first-order chi connectivity index (χ1) is 8.97. The zero-order chi connectivity index (χ0) is 14.0. The van der Waals surface area contributed by atoms with Gasteiger partial charge in [-0.3, -0.25) is 10.1 Å². The van der Waals surface area contributed by atoms with E-state index in [9.17, 15) is 10.1 Å². The quantitative estimate of drug-likeness (QED) is 0.660. The second kappa shape index (κ2) is 5.54. The Balaban J connectivity index is 2.33. The van der Waals surface area contributed by atoms with Gasteiger partial charge in [-0.1, -0.05) is 17.7 Å². The van der Waals surface area contributed by atoms with E-state index in [0.29, 0.717) is 22.1 Å². The summed E-state index contributed by atoms with van der Waals surface area (Å²) in [6.45, 7) is 1.69. The summed E-state index contributed by atoms with van der Waals surface area (Å²) < 4.78 is 0.762. The molecule has 0 amide bonds. The van der Waals surface area contributed by atoms with Crippen molar-refractivity contribution in [3.05, 3.63) is 55.6 Å². The van der Waals surface area contributed by atoms with Gasteiger partial charge in [-0.2, -0.15) is 0 Å². The van der Waals surface area contributed by atoms with Gasteiger partial charge in [0.05, 0.1) is 9.95 Å². The van der Waals surface area contributed by atoms with Gasteiger partial charge >= 0.3 is 0 Å². The Morgan fingerprint density at radius 1 is 1.42 bits per heavy atom. The van der Waals surface area contributed by atoms with E-state index >= 15 is 0 Å². The van der Waals surface area contributed by atoms with E-state index in [1.54, 1.807) is 31.3 Å². The zero-order valence-corrected chi connectivity index (χ0v) is 12.2.